The average molecular weight is 239 g/mol. The van der Waals surface area contributed by atoms with Crippen molar-refractivity contribution < 1.29 is 14.3 Å². The number of amides is 1. The fourth-order valence-electron chi connectivity index (χ4n) is 1.64. The molecule has 0 unspecified atom stereocenters. The van der Waals surface area contributed by atoms with E-state index in [0.29, 0.717) is 12.1 Å². The highest BCUT2D eigenvalue weighted by molar-refractivity contribution is 5.97. The van der Waals surface area contributed by atoms with Crippen molar-refractivity contribution >= 4 is 11.9 Å². The summed E-state index contributed by atoms with van der Waals surface area (Å²) in [5.74, 6) is 0.398. The standard InChI is InChI=1S/C13H21NO3/c1-8(2)11(15)10-6-9(10)7-14-12(16)17-13(3,4)5/h9-10H,1,6-7H2,2-5H3,(H,14,16)/t9-,10-/m1/s1. The van der Waals surface area contributed by atoms with Crippen molar-refractivity contribution in [3.63, 3.8) is 0 Å². The molecule has 2 atom stereocenters. The van der Waals surface area contributed by atoms with Crippen molar-refractivity contribution in [1.29, 1.82) is 0 Å². The lowest BCUT2D eigenvalue weighted by molar-refractivity contribution is -0.116. The minimum absolute atomic E-state index is 0.0439. The van der Waals surface area contributed by atoms with E-state index in [2.05, 4.69) is 11.9 Å². The lowest BCUT2D eigenvalue weighted by Crippen LogP contribution is -2.33. The van der Waals surface area contributed by atoms with Crippen LogP contribution in [0.5, 0.6) is 0 Å². The van der Waals surface area contributed by atoms with Gasteiger partial charge in [-0.05, 0) is 45.6 Å². The first-order valence-electron chi connectivity index (χ1n) is 5.87. The maximum absolute atomic E-state index is 11.5. The Hall–Kier alpha value is -1.32. The molecule has 1 N–H and O–H groups in total. The van der Waals surface area contributed by atoms with Crippen LogP contribution in [0, 0.1) is 11.8 Å². The maximum Gasteiger partial charge on any atom is 0.407 e. The highest BCUT2D eigenvalue weighted by atomic mass is 16.6. The summed E-state index contributed by atoms with van der Waals surface area (Å²) in [6.45, 7) is 11.3. The quantitative estimate of drug-likeness (QED) is 0.766. The van der Waals surface area contributed by atoms with E-state index in [1.54, 1.807) is 6.92 Å². The Morgan fingerprint density at radius 3 is 2.47 bits per heavy atom. The van der Waals surface area contributed by atoms with Crippen molar-refractivity contribution in [3.05, 3.63) is 12.2 Å². The van der Waals surface area contributed by atoms with Gasteiger partial charge in [-0.25, -0.2) is 4.79 Å². The highest BCUT2D eigenvalue weighted by Crippen LogP contribution is 2.39. The van der Waals surface area contributed by atoms with Crippen LogP contribution in [0.3, 0.4) is 0 Å². The third kappa shape index (κ3) is 4.59. The van der Waals surface area contributed by atoms with Gasteiger partial charge in [0.2, 0.25) is 0 Å². The second-order valence-electron chi connectivity index (χ2n) is 5.63. The topological polar surface area (TPSA) is 55.4 Å². The van der Waals surface area contributed by atoms with Gasteiger partial charge in [0.25, 0.3) is 0 Å². The zero-order valence-electron chi connectivity index (χ0n) is 11.0. The molecule has 0 aromatic rings. The summed E-state index contributed by atoms with van der Waals surface area (Å²) < 4.78 is 5.11. The van der Waals surface area contributed by atoms with Crippen LogP contribution >= 0.6 is 0 Å². The Morgan fingerprint density at radius 1 is 1.41 bits per heavy atom. The zero-order valence-corrected chi connectivity index (χ0v) is 11.0. The molecule has 0 radical (unpaired) electrons. The first-order valence-corrected chi connectivity index (χ1v) is 5.87. The summed E-state index contributed by atoms with van der Waals surface area (Å²) in [7, 11) is 0. The van der Waals surface area contributed by atoms with E-state index in [4.69, 9.17) is 4.74 Å². The lowest BCUT2D eigenvalue weighted by Gasteiger charge is -2.19. The van der Waals surface area contributed by atoms with E-state index < -0.39 is 11.7 Å². The SMILES string of the molecule is C=C(C)C(=O)[C@@H]1C[C@@H]1CNC(=O)OC(C)(C)C. The molecule has 1 aliphatic carbocycles. The van der Waals surface area contributed by atoms with Crippen LogP contribution in [-0.4, -0.2) is 24.0 Å². The Balaban J connectivity index is 2.24. The van der Waals surface area contributed by atoms with Crippen LogP contribution in [0.25, 0.3) is 0 Å². The summed E-state index contributed by atoms with van der Waals surface area (Å²) in [5, 5.41) is 2.68. The van der Waals surface area contributed by atoms with Crippen LogP contribution in [0.2, 0.25) is 0 Å². The highest BCUT2D eigenvalue weighted by Gasteiger charge is 2.42. The fourth-order valence-corrected chi connectivity index (χ4v) is 1.64. The molecule has 0 aromatic heterocycles. The molecule has 0 aliphatic heterocycles. The normalized spacial score (nSPS) is 22.8. The van der Waals surface area contributed by atoms with Gasteiger partial charge in [0.05, 0.1) is 0 Å². The van der Waals surface area contributed by atoms with Crippen LogP contribution in [0.15, 0.2) is 12.2 Å². The van der Waals surface area contributed by atoms with Crippen LogP contribution in [-0.2, 0) is 9.53 Å². The third-order valence-electron chi connectivity index (χ3n) is 2.59. The molecule has 4 heteroatoms. The fraction of sp³-hybridized carbons (Fsp3) is 0.692. The van der Waals surface area contributed by atoms with E-state index in [1.165, 1.54) is 0 Å². The number of rotatable bonds is 4. The van der Waals surface area contributed by atoms with Gasteiger partial charge in [0.1, 0.15) is 5.60 Å². The number of Topliss-reactive ketones (excluding diaryl/α,β-unsaturated/α-hetero) is 1. The minimum atomic E-state index is -0.486. The largest absolute Gasteiger partial charge is 0.444 e. The average Bonchev–Trinajstić information content (AvgIpc) is 2.89. The number of hydrogen-bond acceptors (Lipinski definition) is 3. The van der Waals surface area contributed by atoms with E-state index in [-0.39, 0.29) is 17.6 Å². The summed E-state index contributed by atoms with van der Waals surface area (Å²) in [6.07, 6.45) is 0.410. The molecule has 0 spiro atoms. The smallest absolute Gasteiger partial charge is 0.407 e. The number of allylic oxidation sites excluding steroid dienone is 1. The molecule has 0 bridgehead atoms. The van der Waals surface area contributed by atoms with Gasteiger partial charge in [0, 0.05) is 12.5 Å². The van der Waals surface area contributed by atoms with Crippen molar-refractivity contribution in [3.8, 4) is 0 Å². The van der Waals surface area contributed by atoms with Crippen LogP contribution < -0.4 is 5.32 Å². The Kier molecular flexibility index (Phi) is 3.96. The molecule has 0 heterocycles. The number of carbonyl (C=O) groups excluding carboxylic acids is 2. The lowest BCUT2D eigenvalue weighted by atomic mass is 10.1. The Bertz CT molecular complexity index is 341. The van der Waals surface area contributed by atoms with E-state index in [1.807, 2.05) is 20.8 Å². The summed E-state index contributed by atoms with van der Waals surface area (Å²) in [4.78, 5) is 22.9. The Labute approximate surface area is 102 Å². The number of ether oxygens (including phenoxy) is 1. The van der Waals surface area contributed by atoms with Gasteiger partial charge in [-0.2, -0.15) is 0 Å². The van der Waals surface area contributed by atoms with Crippen LogP contribution in [0.1, 0.15) is 34.1 Å². The van der Waals surface area contributed by atoms with Gasteiger partial charge in [-0.3, -0.25) is 4.79 Å². The van der Waals surface area contributed by atoms with Gasteiger partial charge in [-0.15, -0.1) is 0 Å². The molecule has 1 saturated carbocycles. The number of nitrogens with one attached hydrogen (secondary N) is 1. The molecular formula is C13H21NO3. The number of alkyl carbamates (subject to hydrolysis) is 1. The molecule has 4 nitrogen and oxygen atoms in total. The molecule has 1 amide bonds. The van der Waals surface area contributed by atoms with Crippen molar-refractivity contribution in [1.82, 2.24) is 5.32 Å². The van der Waals surface area contributed by atoms with Gasteiger partial charge in [0.15, 0.2) is 5.78 Å². The number of carbonyl (C=O) groups is 2. The van der Waals surface area contributed by atoms with Crippen molar-refractivity contribution in [2.24, 2.45) is 11.8 Å². The van der Waals surface area contributed by atoms with Crippen molar-refractivity contribution in [2.45, 2.75) is 39.7 Å². The Morgan fingerprint density at radius 2 is 2.00 bits per heavy atom. The third-order valence-corrected chi connectivity index (χ3v) is 2.59. The summed E-state index contributed by atoms with van der Waals surface area (Å²) in [5.41, 5.74) is 0.107. The molecule has 17 heavy (non-hydrogen) atoms. The summed E-state index contributed by atoms with van der Waals surface area (Å²) in [6, 6.07) is 0. The van der Waals surface area contributed by atoms with Crippen LogP contribution in [0.4, 0.5) is 4.79 Å². The number of hydrogen-bond donors (Lipinski definition) is 1. The molecule has 96 valence electrons. The van der Waals surface area contributed by atoms with Crippen molar-refractivity contribution in [2.75, 3.05) is 6.54 Å². The van der Waals surface area contributed by atoms with Gasteiger partial charge in [-0.1, -0.05) is 6.58 Å². The molecule has 1 rings (SSSR count). The molecule has 0 aromatic carbocycles. The van der Waals surface area contributed by atoms with Gasteiger partial charge >= 0.3 is 6.09 Å². The predicted molar refractivity (Wildman–Crippen MR) is 65.7 cm³/mol. The molecule has 1 fully saturated rings. The summed E-state index contributed by atoms with van der Waals surface area (Å²) >= 11 is 0. The maximum atomic E-state index is 11.5. The van der Waals surface area contributed by atoms with Gasteiger partial charge < -0.3 is 10.1 Å². The molecule has 1 aliphatic rings. The predicted octanol–water partition coefficient (Wildman–Crippen LogP) is 2.29. The first kappa shape index (κ1) is 13.7. The second-order valence-corrected chi connectivity index (χ2v) is 5.63. The number of ketones is 1. The monoisotopic (exact) mass is 239 g/mol. The molecule has 0 saturated heterocycles. The van der Waals surface area contributed by atoms with E-state index in [9.17, 15) is 9.59 Å². The first-order chi connectivity index (χ1) is 7.70. The van der Waals surface area contributed by atoms with E-state index in [0.717, 1.165) is 6.42 Å². The zero-order chi connectivity index (χ0) is 13.2. The minimum Gasteiger partial charge on any atom is -0.444 e. The molecular weight excluding hydrogens is 218 g/mol. The second kappa shape index (κ2) is 4.90. The van der Waals surface area contributed by atoms with E-state index >= 15 is 0 Å².